The third kappa shape index (κ3) is 2.93. The van der Waals surface area contributed by atoms with Crippen LogP contribution in [0.4, 0.5) is 0 Å². The van der Waals surface area contributed by atoms with Gasteiger partial charge < -0.3 is 10.6 Å². The summed E-state index contributed by atoms with van der Waals surface area (Å²) in [7, 11) is 0. The van der Waals surface area contributed by atoms with Crippen molar-refractivity contribution in [1.29, 1.82) is 0 Å². The summed E-state index contributed by atoms with van der Waals surface area (Å²) in [4.78, 5) is 13.7. The van der Waals surface area contributed by atoms with E-state index in [0.717, 1.165) is 32.4 Å². The van der Waals surface area contributed by atoms with Crippen molar-refractivity contribution in [3.05, 3.63) is 22.4 Å². The minimum atomic E-state index is -0.198. The number of hydrogen-bond acceptors (Lipinski definition) is 3. The molecular weight excluding hydrogens is 244 g/mol. The fourth-order valence-electron chi connectivity index (χ4n) is 2.40. The second-order valence-electron chi connectivity index (χ2n) is 5.26. The van der Waals surface area contributed by atoms with Crippen LogP contribution in [0.2, 0.25) is 0 Å². The summed E-state index contributed by atoms with van der Waals surface area (Å²) >= 11 is 1.72. The zero-order valence-electron chi connectivity index (χ0n) is 11.2. The van der Waals surface area contributed by atoms with Crippen LogP contribution in [0.25, 0.3) is 0 Å². The van der Waals surface area contributed by atoms with Crippen molar-refractivity contribution in [2.45, 2.75) is 39.2 Å². The van der Waals surface area contributed by atoms with Crippen LogP contribution in [0.5, 0.6) is 0 Å². The van der Waals surface area contributed by atoms with E-state index in [2.05, 4.69) is 35.9 Å². The number of amides is 1. The van der Waals surface area contributed by atoms with Gasteiger partial charge in [-0.05, 0) is 43.8 Å². The maximum absolute atomic E-state index is 12.5. The molecule has 0 aliphatic carbocycles. The third-order valence-electron chi connectivity index (χ3n) is 3.86. The van der Waals surface area contributed by atoms with Crippen molar-refractivity contribution in [3.8, 4) is 0 Å². The van der Waals surface area contributed by atoms with Gasteiger partial charge in [-0.1, -0.05) is 19.9 Å². The van der Waals surface area contributed by atoms with Gasteiger partial charge in [0, 0.05) is 10.3 Å². The minimum Gasteiger partial charge on any atom is -0.348 e. The maximum Gasteiger partial charge on any atom is 0.226 e. The van der Waals surface area contributed by atoms with Gasteiger partial charge in [-0.3, -0.25) is 4.79 Å². The summed E-state index contributed by atoms with van der Waals surface area (Å²) in [5, 5.41) is 8.60. The van der Waals surface area contributed by atoms with E-state index in [-0.39, 0.29) is 17.4 Å². The molecule has 2 N–H and O–H groups in total. The molecular formula is C14H22N2OS. The molecule has 0 bridgehead atoms. The molecule has 1 amide bonds. The molecule has 1 unspecified atom stereocenters. The van der Waals surface area contributed by atoms with Gasteiger partial charge in [0.15, 0.2) is 0 Å². The number of nitrogens with one attached hydrogen (secondary N) is 2. The molecule has 0 aromatic carbocycles. The maximum atomic E-state index is 12.5. The number of piperidine rings is 1. The van der Waals surface area contributed by atoms with Gasteiger partial charge in [-0.25, -0.2) is 0 Å². The molecule has 18 heavy (non-hydrogen) atoms. The van der Waals surface area contributed by atoms with Crippen LogP contribution in [0, 0.1) is 5.41 Å². The van der Waals surface area contributed by atoms with Gasteiger partial charge in [-0.15, -0.1) is 11.3 Å². The van der Waals surface area contributed by atoms with Gasteiger partial charge in [0.25, 0.3) is 0 Å². The summed E-state index contributed by atoms with van der Waals surface area (Å²) in [6.07, 6.45) is 2.81. The lowest BCUT2D eigenvalue weighted by atomic mass is 9.80. The molecule has 1 aromatic rings. The van der Waals surface area contributed by atoms with Crippen molar-refractivity contribution in [3.63, 3.8) is 0 Å². The van der Waals surface area contributed by atoms with Crippen LogP contribution >= 0.6 is 11.3 Å². The highest BCUT2D eigenvalue weighted by Gasteiger charge is 2.35. The highest BCUT2D eigenvalue weighted by molar-refractivity contribution is 7.10. The SMILES string of the molecule is CCC(NC(=O)C1(C)CCNCC1)c1cccs1. The number of hydrogen-bond donors (Lipinski definition) is 2. The van der Waals surface area contributed by atoms with Gasteiger partial charge in [0.1, 0.15) is 0 Å². The first-order chi connectivity index (χ1) is 8.65. The van der Waals surface area contributed by atoms with Crippen LogP contribution in [-0.4, -0.2) is 19.0 Å². The molecule has 2 rings (SSSR count). The van der Waals surface area contributed by atoms with E-state index in [1.54, 1.807) is 11.3 Å². The molecule has 1 atom stereocenters. The molecule has 1 aliphatic rings. The lowest BCUT2D eigenvalue weighted by molar-refractivity contribution is -0.132. The first kappa shape index (κ1) is 13.6. The lowest BCUT2D eigenvalue weighted by Crippen LogP contribution is -2.46. The standard InChI is InChI=1S/C14H22N2OS/c1-3-11(12-5-4-10-18-12)16-13(17)14(2)6-8-15-9-7-14/h4-5,10-11,15H,3,6-9H2,1-2H3,(H,16,17). The fraction of sp³-hybridized carbons (Fsp3) is 0.643. The van der Waals surface area contributed by atoms with Gasteiger partial charge in [-0.2, -0.15) is 0 Å². The third-order valence-corrected chi connectivity index (χ3v) is 4.84. The van der Waals surface area contributed by atoms with Gasteiger partial charge in [0.05, 0.1) is 6.04 Å². The van der Waals surface area contributed by atoms with Crippen molar-refractivity contribution >= 4 is 17.2 Å². The Kier molecular flexibility index (Phi) is 4.40. The molecule has 3 nitrogen and oxygen atoms in total. The first-order valence-corrected chi connectivity index (χ1v) is 7.59. The van der Waals surface area contributed by atoms with Crippen molar-refractivity contribution < 1.29 is 4.79 Å². The average molecular weight is 266 g/mol. The Morgan fingerprint density at radius 2 is 2.28 bits per heavy atom. The molecule has 4 heteroatoms. The number of thiophene rings is 1. The quantitative estimate of drug-likeness (QED) is 0.880. The molecule has 0 saturated carbocycles. The molecule has 100 valence electrons. The number of carbonyl (C=O) groups is 1. The molecule has 1 aliphatic heterocycles. The zero-order valence-corrected chi connectivity index (χ0v) is 12.0. The lowest BCUT2D eigenvalue weighted by Gasteiger charge is -2.34. The van der Waals surface area contributed by atoms with E-state index < -0.39 is 0 Å². The summed E-state index contributed by atoms with van der Waals surface area (Å²) in [6, 6.07) is 4.31. The summed E-state index contributed by atoms with van der Waals surface area (Å²) in [5.74, 6) is 0.212. The molecule has 2 heterocycles. The normalized spacial score (nSPS) is 20.3. The second-order valence-corrected chi connectivity index (χ2v) is 6.24. The van der Waals surface area contributed by atoms with Gasteiger partial charge >= 0.3 is 0 Å². The minimum absolute atomic E-state index is 0.171. The van der Waals surface area contributed by atoms with E-state index in [4.69, 9.17) is 0 Å². The largest absolute Gasteiger partial charge is 0.348 e. The topological polar surface area (TPSA) is 41.1 Å². The summed E-state index contributed by atoms with van der Waals surface area (Å²) in [5.41, 5.74) is -0.198. The van der Waals surface area contributed by atoms with E-state index in [1.165, 1.54) is 4.88 Å². The van der Waals surface area contributed by atoms with Gasteiger partial charge in [0.2, 0.25) is 5.91 Å². The summed E-state index contributed by atoms with van der Waals surface area (Å²) in [6.45, 7) is 6.10. The Morgan fingerprint density at radius 3 is 2.83 bits per heavy atom. The molecule has 0 spiro atoms. The predicted octanol–water partition coefficient (Wildman–Crippen LogP) is 2.71. The van der Waals surface area contributed by atoms with Crippen LogP contribution in [0.1, 0.15) is 44.0 Å². The Bertz CT molecular complexity index is 383. The van der Waals surface area contributed by atoms with E-state index in [0.29, 0.717) is 0 Å². The average Bonchev–Trinajstić information content (AvgIpc) is 2.90. The number of carbonyl (C=O) groups excluding carboxylic acids is 1. The predicted molar refractivity (Wildman–Crippen MR) is 75.7 cm³/mol. The Labute approximate surface area is 113 Å². The second kappa shape index (κ2) is 5.85. The Morgan fingerprint density at radius 1 is 1.56 bits per heavy atom. The van der Waals surface area contributed by atoms with E-state index >= 15 is 0 Å². The smallest absolute Gasteiger partial charge is 0.226 e. The van der Waals surface area contributed by atoms with Crippen LogP contribution in [-0.2, 0) is 4.79 Å². The monoisotopic (exact) mass is 266 g/mol. The van der Waals surface area contributed by atoms with Crippen molar-refractivity contribution in [1.82, 2.24) is 10.6 Å². The Hall–Kier alpha value is -0.870. The highest BCUT2D eigenvalue weighted by atomic mass is 32.1. The molecule has 1 fully saturated rings. The first-order valence-electron chi connectivity index (χ1n) is 6.71. The van der Waals surface area contributed by atoms with Crippen LogP contribution in [0.15, 0.2) is 17.5 Å². The zero-order chi connectivity index (χ0) is 13.0. The Balaban J connectivity index is 2.01. The molecule has 1 saturated heterocycles. The van der Waals surface area contributed by atoms with Crippen molar-refractivity contribution in [2.75, 3.05) is 13.1 Å². The number of rotatable bonds is 4. The van der Waals surface area contributed by atoms with E-state index in [1.807, 2.05) is 6.07 Å². The summed E-state index contributed by atoms with van der Waals surface area (Å²) < 4.78 is 0. The van der Waals surface area contributed by atoms with Crippen LogP contribution < -0.4 is 10.6 Å². The van der Waals surface area contributed by atoms with E-state index in [9.17, 15) is 4.79 Å². The van der Waals surface area contributed by atoms with Crippen LogP contribution in [0.3, 0.4) is 0 Å². The molecule has 1 aromatic heterocycles. The van der Waals surface area contributed by atoms with Crippen molar-refractivity contribution in [2.24, 2.45) is 5.41 Å². The molecule has 0 radical (unpaired) electrons. The highest BCUT2D eigenvalue weighted by Crippen LogP contribution is 2.30. The fourth-order valence-corrected chi connectivity index (χ4v) is 3.26.